The van der Waals surface area contributed by atoms with Crippen molar-refractivity contribution < 1.29 is 29.7 Å². The molecule has 0 aromatic carbocycles. The van der Waals surface area contributed by atoms with Crippen LogP contribution in [0.25, 0.3) is 0 Å². The van der Waals surface area contributed by atoms with Crippen LogP contribution >= 0.6 is 0 Å². The minimum atomic E-state index is -1.07. The van der Waals surface area contributed by atoms with Gasteiger partial charge in [0.05, 0.1) is 12.6 Å². The SMILES string of the molecule is NCC(=O)NCC(=O)O.NC[C@H](O)CC[C@H](N)C(=O)O. The molecule has 0 radical (unpaired) electrons. The molecule has 0 saturated heterocycles. The Labute approximate surface area is 115 Å². The van der Waals surface area contributed by atoms with E-state index in [1.165, 1.54) is 0 Å². The molecule has 0 aliphatic heterocycles. The second kappa shape index (κ2) is 12.3. The van der Waals surface area contributed by atoms with Crippen molar-refractivity contribution in [2.24, 2.45) is 17.2 Å². The van der Waals surface area contributed by atoms with Crippen molar-refractivity contribution >= 4 is 17.8 Å². The van der Waals surface area contributed by atoms with Gasteiger partial charge in [-0.3, -0.25) is 14.4 Å². The molecule has 0 aliphatic rings. The third kappa shape index (κ3) is 14.3. The van der Waals surface area contributed by atoms with Gasteiger partial charge in [-0.05, 0) is 12.8 Å². The number of aliphatic carboxylic acids is 2. The summed E-state index contributed by atoms with van der Waals surface area (Å²) in [7, 11) is 0. The fourth-order valence-corrected chi connectivity index (χ4v) is 0.860. The number of hydrogen-bond acceptors (Lipinski definition) is 7. The Bertz CT molecular complexity index is 312. The van der Waals surface area contributed by atoms with E-state index in [0.29, 0.717) is 6.42 Å². The predicted octanol–water partition coefficient (Wildman–Crippen LogP) is -3.36. The lowest BCUT2D eigenvalue weighted by Gasteiger charge is -2.09. The molecule has 0 spiro atoms. The van der Waals surface area contributed by atoms with E-state index in [2.05, 4.69) is 5.32 Å². The van der Waals surface area contributed by atoms with E-state index in [1.54, 1.807) is 0 Å². The third-order valence-corrected chi connectivity index (χ3v) is 2.02. The van der Waals surface area contributed by atoms with E-state index in [9.17, 15) is 14.4 Å². The average Bonchev–Trinajstić information content (AvgIpc) is 2.41. The van der Waals surface area contributed by atoms with Crippen molar-refractivity contribution in [3.05, 3.63) is 0 Å². The van der Waals surface area contributed by atoms with Crippen LogP contribution in [0.4, 0.5) is 0 Å². The number of amides is 1. The predicted molar refractivity (Wildman–Crippen MR) is 69.6 cm³/mol. The summed E-state index contributed by atoms with van der Waals surface area (Å²) in [6, 6.07) is -0.892. The van der Waals surface area contributed by atoms with Crippen LogP contribution in [-0.4, -0.2) is 64.9 Å². The van der Waals surface area contributed by atoms with Crippen LogP contribution in [0.15, 0.2) is 0 Å². The summed E-state index contributed by atoms with van der Waals surface area (Å²) in [5, 5.41) is 27.3. The summed E-state index contributed by atoms with van der Waals surface area (Å²) < 4.78 is 0. The van der Waals surface area contributed by atoms with Gasteiger partial charge in [-0.15, -0.1) is 0 Å². The highest BCUT2D eigenvalue weighted by atomic mass is 16.4. The Hall–Kier alpha value is -1.75. The number of aliphatic hydroxyl groups is 1. The van der Waals surface area contributed by atoms with E-state index in [4.69, 9.17) is 32.5 Å². The Morgan fingerprint density at radius 3 is 2.00 bits per heavy atom. The van der Waals surface area contributed by atoms with Gasteiger partial charge in [0.25, 0.3) is 0 Å². The Balaban J connectivity index is 0. The van der Waals surface area contributed by atoms with Gasteiger partial charge in [-0.1, -0.05) is 0 Å². The molecule has 0 aliphatic carbocycles. The number of carbonyl (C=O) groups is 3. The first-order valence-corrected chi connectivity index (χ1v) is 5.79. The minimum Gasteiger partial charge on any atom is -0.480 e. The molecule has 0 fully saturated rings. The summed E-state index contributed by atoms with van der Waals surface area (Å²) in [5.74, 6) is -2.58. The quantitative estimate of drug-likeness (QED) is 0.238. The largest absolute Gasteiger partial charge is 0.480 e. The van der Waals surface area contributed by atoms with Crippen molar-refractivity contribution in [1.29, 1.82) is 0 Å². The van der Waals surface area contributed by atoms with Gasteiger partial charge >= 0.3 is 11.9 Å². The highest BCUT2D eigenvalue weighted by Gasteiger charge is 2.12. The van der Waals surface area contributed by atoms with E-state index in [1.807, 2.05) is 0 Å². The first-order chi connectivity index (χ1) is 9.24. The van der Waals surface area contributed by atoms with Gasteiger partial charge in [0.15, 0.2) is 0 Å². The number of nitrogens with one attached hydrogen (secondary N) is 1. The van der Waals surface area contributed by atoms with Crippen LogP contribution in [0.1, 0.15) is 12.8 Å². The molecule has 20 heavy (non-hydrogen) atoms. The zero-order chi connectivity index (χ0) is 16.1. The van der Waals surface area contributed by atoms with Crippen LogP contribution in [0.5, 0.6) is 0 Å². The zero-order valence-electron chi connectivity index (χ0n) is 11.0. The Kier molecular flexibility index (Phi) is 12.6. The number of rotatable bonds is 8. The van der Waals surface area contributed by atoms with Gasteiger partial charge in [0.2, 0.25) is 5.91 Å². The topological polar surface area (TPSA) is 202 Å². The molecule has 2 atom stereocenters. The minimum absolute atomic E-state index is 0.145. The molecule has 0 rings (SSSR count). The molecule has 0 saturated carbocycles. The van der Waals surface area contributed by atoms with Crippen LogP contribution in [0, 0.1) is 0 Å². The number of carbonyl (C=O) groups excluding carboxylic acids is 1. The highest BCUT2D eigenvalue weighted by Crippen LogP contribution is 1.98. The van der Waals surface area contributed by atoms with Crippen molar-refractivity contribution in [3.63, 3.8) is 0 Å². The molecule has 0 aromatic heterocycles. The Morgan fingerprint density at radius 2 is 1.65 bits per heavy atom. The maximum absolute atomic E-state index is 10.2. The normalized spacial score (nSPS) is 12.6. The lowest BCUT2D eigenvalue weighted by Crippen LogP contribution is -2.34. The van der Waals surface area contributed by atoms with Gasteiger partial charge < -0.3 is 37.8 Å². The van der Waals surface area contributed by atoms with Crippen molar-refractivity contribution in [2.75, 3.05) is 19.6 Å². The second-order valence-corrected chi connectivity index (χ2v) is 3.79. The van der Waals surface area contributed by atoms with Gasteiger partial charge in [0.1, 0.15) is 12.6 Å². The summed E-state index contributed by atoms with van der Waals surface area (Å²) in [6.07, 6.45) is -0.0436. The average molecular weight is 294 g/mol. The Morgan fingerprint density at radius 1 is 1.10 bits per heavy atom. The van der Waals surface area contributed by atoms with Crippen LogP contribution in [0.3, 0.4) is 0 Å². The lowest BCUT2D eigenvalue weighted by atomic mass is 10.1. The number of carboxylic acid groups (broad SMARTS) is 2. The summed E-state index contributed by atoms with van der Waals surface area (Å²) in [5.41, 5.74) is 15.1. The fourth-order valence-electron chi connectivity index (χ4n) is 0.860. The first kappa shape index (κ1) is 20.6. The van der Waals surface area contributed by atoms with Gasteiger partial charge in [0, 0.05) is 6.54 Å². The molecular formula is C10H22N4O6. The third-order valence-electron chi connectivity index (χ3n) is 2.02. The maximum atomic E-state index is 10.2. The van der Waals surface area contributed by atoms with Crippen molar-refractivity contribution in [2.45, 2.75) is 25.0 Å². The monoisotopic (exact) mass is 294 g/mol. The molecule has 1 amide bonds. The smallest absolute Gasteiger partial charge is 0.322 e. The number of carboxylic acids is 2. The molecule has 10 N–H and O–H groups in total. The lowest BCUT2D eigenvalue weighted by molar-refractivity contribution is -0.139. The molecule has 0 unspecified atom stereocenters. The molecule has 0 bridgehead atoms. The molecule has 10 nitrogen and oxygen atoms in total. The summed E-state index contributed by atoms with van der Waals surface area (Å²) in [6.45, 7) is -0.393. The summed E-state index contributed by atoms with van der Waals surface area (Å²) in [4.78, 5) is 30.1. The number of aliphatic hydroxyl groups excluding tert-OH is 1. The van der Waals surface area contributed by atoms with Crippen LogP contribution < -0.4 is 22.5 Å². The highest BCUT2D eigenvalue weighted by molar-refractivity contribution is 5.82. The zero-order valence-corrected chi connectivity index (χ0v) is 11.0. The van der Waals surface area contributed by atoms with Gasteiger partial charge in [-0.2, -0.15) is 0 Å². The van der Waals surface area contributed by atoms with E-state index >= 15 is 0 Å². The van der Waals surface area contributed by atoms with E-state index < -0.39 is 30.0 Å². The van der Waals surface area contributed by atoms with Crippen molar-refractivity contribution in [3.8, 4) is 0 Å². The van der Waals surface area contributed by atoms with Crippen LogP contribution in [0.2, 0.25) is 0 Å². The molecule has 118 valence electrons. The fraction of sp³-hybridized carbons (Fsp3) is 0.700. The second-order valence-electron chi connectivity index (χ2n) is 3.79. The van der Waals surface area contributed by atoms with Crippen LogP contribution in [-0.2, 0) is 14.4 Å². The first-order valence-electron chi connectivity index (χ1n) is 5.79. The molecule has 0 heterocycles. The molecule has 10 heteroatoms. The maximum Gasteiger partial charge on any atom is 0.322 e. The van der Waals surface area contributed by atoms with Crippen molar-refractivity contribution in [1.82, 2.24) is 5.32 Å². The number of nitrogens with two attached hydrogens (primary N) is 3. The standard InChI is InChI=1S/C6H14N2O3.C4H8N2O3/c7-3-4(9)1-2-5(8)6(10)11;5-1-3(7)6-2-4(8)9/h4-5,9H,1-3,7-8H2,(H,10,11);1-2,5H2,(H,6,7)(H,8,9)/t4-,5+;/m1./s1. The molecule has 0 aromatic rings. The molecular weight excluding hydrogens is 272 g/mol. The van der Waals surface area contributed by atoms with E-state index in [-0.39, 0.29) is 26.1 Å². The van der Waals surface area contributed by atoms with E-state index in [0.717, 1.165) is 0 Å². The summed E-state index contributed by atoms with van der Waals surface area (Å²) >= 11 is 0. The number of hydrogen-bond donors (Lipinski definition) is 7. The van der Waals surface area contributed by atoms with Gasteiger partial charge in [-0.25, -0.2) is 0 Å².